The predicted octanol–water partition coefficient (Wildman–Crippen LogP) is -0.619. The van der Waals surface area contributed by atoms with Crippen molar-refractivity contribution in [1.82, 2.24) is 14.2 Å². The molecule has 1 aromatic rings. The van der Waals surface area contributed by atoms with Crippen molar-refractivity contribution >= 4 is 21.7 Å². The van der Waals surface area contributed by atoms with Crippen LogP contribution in [0.25, 0.3) is 0 Å². The molecule has 1 aliphatic rings. The first-order chi connectivity index (χ1) is 8.88. The Morgan fingerprint density at radius 2 is 1.89 bits per heavy atom. The summed E-state index contributed by atoms with van der Waals surface area (Å²) in [7, 11) is -3.18. The van der Waals surface area contributed by atoms with E-state index in [0.717, 1.165) is 0 Å². The summed E-state index contributed by atoms with van der Waals surface area (Å²) in [5.41, 5.74) is 5.92. The van der Waals surface area contributed by atoms with Gasteiger partial charge in [0.15, 0.2) is 0 Å². The fourth-order valence-corrected chi connectivity index (χ4v) is 2.76. The molecule has 2 N–H and O–H groups in total. The monoisotopic (exact) mass is 284 g/mol. The zero-order valence-corrected chi connectivity index (χ0v) is 11.4. The second kappa shape index (κ2) is 5.14. The van der Waals surface area contributed by atoms with Gasteiger partial charge >= 0.3 is 0 Å². The molecular formula is C11H16N4O3S. The van der Waals surface area contributed by atoms with Crippen LogP contribution in [-0.4, -0.2) is 60.9 Å². The molecule has 2 rings (SSSR count). The van der Waals surface area contributed by atoms with Crippen LogP contribution in [0.3, 0.4) is 0 Å². The third-order valence-corrected chi connectivity index (χ3v) is 4.33. The molecule has 2 heterocycles. The van der Waals surface area contributed by atoms with Crippen LogP contribution in [-0.2, 0) is 10.0 Å². The Balaban J connectivity index is 2.02. The molecule has 1 aliphatic heterocycles. The molecule has 1 aromatic heterocycles. The number of anilines is 1. The van der Waals surface area contributed by atoms with E-state index in [-0.39, 0.29) is 5.91 Å². The van der Waals surface area contributed by atoms with Crippen molar-refractivity contribution in [1.29, 1.82) is 0 Å². The Bertz CT molecular complexity index is 562. The number of aromatic nitrogens is 1. The lowest BCUT2D eigenvalue weighted by molar-refractivity contribution is 0.0698. The molecule has 0 spiro atoms. The normalized spacial score (nSPS) is 17.4. The van der Waals surface area contributed by atoms with Crippen LogP contribution in [0.2, 0.25) is 0 Å². The van der Waals surface area contributed by atoms with Crippen molar-refractivity contribution in [2.24, 2.45) is 0 Å². The van der Waals surface area contributed by atoms with Crippen LogP contribution < -0.4 is 5.73 Å². The van der Waals surface area contributed by atoms with E-state index in [0.29, 0.717) is 37.6 Å². The Hall–Kier alpha value is -1.67. The highest BCUT2D eigenvalue weighted by atomic mass is 32.2. The molecule has 1 amide bonds. The Morgan fingerprint density at radius 3 is 2.37 bits per heavy atom. The largest absolute Gasteiger partial charge is 0.384 e. The quantitative estimate of drug-likeness (QED) is 0.781. The number of sulfonamides is 1. The number of pyridine rings is 1. The van der Waals surface area contributed by atoms with E-state index in [4.69, 9.17) is 5.73 Å². The van der Waals surface area contributed by atoms with Gasteiger partial charge in [-0.05, 0) is 12.1 Å². The molecule has 19 heavy (non-hydrogen) atoms. The fourth-order valence-electron chi connectivity index (χ4n) is 1.94. The first-order valence-electron chi connectivity index (χ1n) is 5.84. The highest BCUT2D eigenvalue weighted by Gasteiger charge is 2.26. The van der Waals surface area contributed by atoms with Gasteiger partial charge in [-0.15, -0.1) is 0 Å². The van der Waals surface area contributed by atoms with Gasteiger partial charge in [0.05, 0.1) is 11.8 Å². The summed E-state index contributed by atoms with van der Waals surface area (Å²) in [5, 5.41) is 0. The number of nitrogens with zero attached hydrogens (tertiary/aromatic N) is 3. The SMILES string of the molecule is CS(=O)(=O)N1CCN(C(=O)c2ccc(N)nc2)CC1. The van der Waals surface area contributed by atoms with Crippen molar-refractivity contribution in [3.63, 3.8) is 0 Å². The molecule has 0 aromatic carbocycles. The van der Waals surface area contributed by atoms with E-state index < -0.39 is 10.0 Å². The minimum atomic E-state index is -3.18. The van der Waals surface area contributed by atoms with Crippen LogP contribution in [0.5, 0.6) is 0 Å². The Morgan fingerprint density at radius 1 is 1.26 bits per heavy atom. The molecule has 8 heteroatoms. The van der Waals surface area contributed by atoms with Crippen molar-refractivity contribution in [3.8, 4) is 0 Å². The van der Waals surface area contributed by atoms with Gasteiger partial charge in [-0.25, -0.2) is 13.4 Å². The van der Waals surface area contributed by atoms with Gasteiger partial charge in [-0.2, -0.15) is 4.31 Å². The van der Waals surface area contributed by atoms with Gasteiger partial charge in [-0.1, -0.05) is 0 Å². The minimum Gasteiger partial charge on any atom is -0.384 e. The van der Waals surface area contributed by atoms with E-state index in [9.17, 15) is 13.2 Å². The van der Waals surface area contributed by atoms with Gasteiger partial charge in [-0.3, -0.25) is 4.79 Å². The number of hydrogen-bond acceptors (Lipinski definition) is 5. The summed E-state index contributed by atoms with van der Waals surface area (Å²) in [4.78, 5) is 17.6. The number of nitrogens with two attached hydrogens (primary N) is 1. The molecule has 1 saturated heterocycles. The maximum absolute atomic E-state index is 12.1. The molecule has 0 aliphatic carbocycles. The van der Waals surface area contributed by atoms with E-state index in [1.165, 1.54) is 16.8 Å². The Labute approximate surface area is 112 Å². The van der Waals surface area contributed by atoms with Crippen molar-refractivity contribution in [3.05, 3.63) is 23.9 Å². The molecule has 7 nitrogen and oxygen atoms in total. The van der Waals surface area contributed by atoms with Crippen molar-refractivity contribution in [2.75, 3.05) is 38.2 Å². The second-order valence-electron chi connectivity index (χ2n) is 4.43. The minimum absolute atomic E-state index is 0.152. The number of carbonyl (C=O) groups excluding carboxylic acids is 1. The Kier molecular flexibility index (Phi) is 3.72. The molecule has 0 radical (unpaired) electrons. The maximum Gasteiger partial charge on any atom is 0.255 e. The van der Waals surface area contributed by atoms with Gasteiger partial charge in [0.1, 0.15) is 5.82 Å². The average molecular weight is 284 g/mol. The number of piperazine rings is 1. The summed E-state index contributed by atoms with van der Waals surface area (Å²) in [5.74, 6) is 0.207. The van der Waals surface area contributed by atoms with Crippen LogP contribution in [0, 0.1) is 0 Å². The van der Waals surface area contributed by atoms with E-state index in [2.05, 4.69) is 4.98 Å². The summed E-state index contributed by atoms with van der Waals surface area (Å²) < 4.78 is 24.1. The number of rotatable bonds is 2. The zero-order valence-electron chi connectivity index (χ0n) is 10.6. The van der Waals surface area contributed by atoms with Crippen LogP contribution in [0.4, 0.5) is 5.82 Å². The second-order valence-corrected chi connectivity index (χ2v) is 6.41. The first kappa shape index (κ1) is 13.8. The van der Waals surface area contributed by atoms with Gasteiger partial charge in [0.2, 0.25) is 10.0 Å². The molecule has 0 bridgehead atoms. The third kappa shape index (κ3) is 3.21. The first-order valence-corrected chi connectivity index (χ1v) is 7.68. The number of amides is 1. The van der Waals surface area contributed by atoms with E-state index in [1.807, 2.05) is 0 Å². The summed E-state index contributed by atoms with van der Waals surface area (Å²) >= 11 is 0. The number of carbonyl (C=O) groups is 1. The summed E-state index contributed by atoms with van der Waals surface area (Å²) in [6.07, 6.45) is 2.61. The molecule has 0 unspecified atom stereocenters. The topological polar surface area (TPSA) is 96.6 Å². The third-order valence-electron chi connectivity index (χ3n) is 3.03. The zero-order chi connectivity index (χ0) is 14.0. The van der Waals surface area contributed by atoms with Gasteiger partial charge < -0.3 is 10.6 Å². The standard InChI is InChI=1S/C11H16N4O3S/c1-19(17,18)15-6-4-14(5-7-15)11(16)9-2-3-10(12)13-8-9/h2-3,8H,4-7H2,1H3,(H2,12,13). The average Bonchev–Trinajstić information content (AvgIpc) is 2.38. The molecule has 0 atom stereocenters. The number of nitrogen functional groups attached to an aromatic ring is 1. The van der Waals surface area contributed by atoms with Gasteiger partial charge in [0, 0.05) is 32.4 Å². The van der Waals surface area contributed by atoms with Crippen molar-refractivity contribution < 1.29 is 13.2 Å². The molecule has 104 valence electrons. The van der Waals surface area contributed by atoms with E-state index in [1.54, 1.807) is 17.0 Å². The van der Waals surface area contributed by atoms with Crippen LogP contribution in [0.15, 0.2) is 18.3 Å². The molecule has 0 saturated carbocycles. The van der Waals surface area contributed by atoms with E-state index >= 15 is 0 Å². The maximum atomic E-state index is 12.1. The smallest absolute Gasteiger partial charge is 0.255 e. The highest BCUT2D eigenvalue weighted by Crippen LogP contribution is 2.11. The fraction of sp³-hybridized carbons (Fsp3) is 0.455. The molecular weight excluding hydrogens is 268 g/mol. The summed E-state index contributed by atoms with van der Waals surface area (Å²) in [6.45, 7) is 1.42. The molecule has 1 fully saturated rings. The van der Waals surface area contributed by atoms with Crippen LogP contribution in [0.1, 0.15) is 10.4 Å². The van der Waals surface area contributed by atoms with Gasteiger partial charge in [0.25, 0.3) is 5.91 Å². The highest BCUT2D eigenvalue weighted by molar-refractivity contribution is 7.88. The lowest BCUT2D eigenvalue weighted by Crippen LogP contribution is -2.50. The lowest BCUT2D eigenvalue weighted by Gasteiger charge is -2.33. The van der Waals surface area contributed by atoms with Crippen molar-refractivity contribution in [2.45, 2.75) is 0 Å². The summed E-state index contributed by atoms with van der Waals surface area (Å²) in [6, 6.07) is 3.19. The van der Waals surface area contributed by atoms with Crippen LogP contribution >= 0.6 is 0 Å². The number of hydrogen-bond donors (Lipinski definition) is 1. The lowest BCUT2D eigenvalue weighted by atomic mass is 10.2. The predicted molar refractivity (Wildman–Crippen MR) is 71.0 cm³/mol.